The minimum absolute atomic E-state index is 0.0436. The Morgan fingerprint density at radius 1 is 1.47 bits per heavy atom. The zero-order valence-corrected chi connectivity index (χ0v) is 17.5. The van der Waals surface area contributed by atoms with Crippen LogP contribution in [0.1, 0.15) is 18.1 Å². The minimum Gasteiger partial charge on any atom is -0.377 e. The fraction of sp³-hybridized carbons (Fsp3) is 0.444. The van der Waals surface area contributed by atoms with Crippen LogP contribution in [0.15, 0.2) is 12.3 Å². The van der Waals surface area contributed by atoms with E-state index >= 15 is 0 Å². The molecule has 0 aliphatic carbocycles. The van der Waals surface area contributed by atoms with Crippen molar-refractivity contribution in [3.8, 4) is 6.07 Å². The maximum atomic E-state index is 12.5. The van der Waals surface area contributed by atoms with Gasteiger partial charge in [-0.1, -0.05) is 0 Å². The second kappa shape index (κ2) is 7.58. The number of pyridine rings is 1. The molecule has 0 saturated carbocycles. The predicted molar refractivity (Wildman–Crippen MR) is 112 cm³/mol. The van der Waals surface area contributed by atoms with Crippen molar-refractivity contribution in [3.63, 3.8) is 0 Å². The number of nitrogens with zero attached hydrogens (tertiary/aromatic N) is 5. The third-order valence-electron chi connectivity index (χ3n) is 5.21. The van der Waals surface area contributed by atoms with Gasteiger partial charge in [0.25, 0.3) is 0 Å². The first-order valence-electron chi connectivity index (χ1n) is 9.46. The zero-order chi connectivity index (χ0) is 21.5. The van der Waals surface area contributed by atoms with E-state index in [0.29, 0.717) is 43.5 Å². The van der Waals surface area contributed by atoms with Gasteiger partial charge in [-0.05, 0) is 13.3 Å². The van der Waals surface area contributed by atoms with Gasteiger partial charge < -0.3 is 15.0 Å². The molecule has 0 amide bonds. The zero-order valence-electron chi connectivity index (χ0n) is 16.6. The molecule has 11 nitrogen and oxygen atoms in total. The molecule has 158 valence electrons. The largest absolute Gasteiger partial charge is 0.377 e. The molecule has 2 aromatic heterocycles. The van der Waals surface area contributed by atoms with Gasteiger partial charge in [-0.15, -0.1) is 0 Å². The Hall–Kier alpha value is -3.17. The third kappa shape index (κ3) is 3.46. The lowest BCUT2D eigenvalue weighted by Crippen LogP contribution is -2.44. The Kier molecular flexibility index (Phi) is 5.08. The molecule has 1 atom stereocenters. The van der Waals surface area contributed by atoms with Crippen molar-refractivity contribution in [2.24, 2.45) is 0 Å². The number of morpholine rings is 1. The van der Waals surface area contributed by atoms with Crippen LogP contribution >= 0.6 is 0 Å². The number of ether oxygens (including phenoxy) is 1. The minimum atomic E-state index is -3.61. The van der Waals surface area contributed by atoms with Crippen molar-refractivity contribution >= 4 is 38.9 Å². The van der Waals surface area contributed by atoms with Crippen molar-refractivity contribution in [2.75, 3.05) is 47.1 Å². The van der Waals surface area contributed by atoms with Crippen molar-refractivity contribution in [3.05, 3.63) is 23.4 Å². The molecule has 1 saturated heterocycles. The highest BCUT2D eigenvalue weighted by atomic mass is 32.2. The molecule has 0 spiro atoms. The molecule has 4 rings (SSSR count). The van der Waals surface area contributed by atoms with Crippen molar-refractivity contribution in [1.82, 2.24) is 15.2 Å². The number of nitriles is 1. The highest BCUT2D eigenvalue weighted by Crippen LogP contribution is 2.43. The topological polar surface area (TPSA) is 151 Å². The van der Waals surface area contributed by atoms with Crippen LogP contribution in [0, 0.1) is 16.7 Å². The summed E-state index contributed by atoms with van der Waals surface area (Å²) in [6, 6.07) is 3.55. The fourth-order valence-electron chi connectivity index (χ4n) is 3.87. The van der Waals surface area contributed by atoms with E-state index in [9.17, 15) is 13.7 Å². The molecule has 3 N–H and O–H groups in total. The van der Waals surface area contributed by atoms with Crippen molar-refractivity contribution in [1.29, 1.82) is 10.7 Å². The second-order valence-electron chi connectivity index (χ2n) is 7.26. The quantitative estimate of drug-likeness (QED) is 0.594. The maximum absolute atomic E-state index is 12.5. The van der Waals surface area contributed by atoms with E-state index in [-0.39, 0.29) is 29.7 Å². The van der Waals surface area contributed by atoms with Crippen LogP contribution in [0.25, 0.3) is 0 Å². The van der Waals surface area contributed by atoms with E-state index in [0.717, 1.165) is 11.8 Å². The summed E-state index contributed by atoms with van der Waals surface area (Å²) in [6.07, 6.45) is 3.20. The third-order valence-corrected chi connectivity index (χ3v) is 6.38. The SMILES string of the molecule is C[C@@H]1COCCN1c1nc(Nc2cc[nH]n2)c(C(=N)C#N)c2c1CCN2S(C)(=O)=O. The molecule has 2 aliphatic heterocycles. The summed E-state index contributed by atoms with van der Waals surface area (Å²) in [5.41, 5.74) is 0.847. The first kappa shape index (κ1) is 20.1. The van der Waals surface area contributed by atoms with E-state index < -0.39 is 10.0 Å². The number of aromatic amines is 1. The summed E-state index contributed by atoms with van der Waals surface area (Å²) < 4.78 is 31.8. The van der Waals surface area contributed by atoms with Crippen LogP contribution in [-0.4, -0.2) is 67.9 Å². The van der Waals surface area contributed by atoms with E-state index in [1.807, 2.05) is 13.0 Å². The van der Waals surface area contributed by atoms with Gasteiger partial charge in [-0.2, -0.15) is 10.4 Å². The van der Waals surface area contributed by atoms with E-state index in [2.05, 4.69) is 20.4 Å². The highest BCUT2D eigenvalue weighted by molar-refractivity contribution is 7.92. The number of hydrogen-bond donors (Lipinski definition) is 3. The van der Waals surface area contributed by atoms with Crippen LogP contribution < -0.4 is 14.5 Å². The number of hydrogen-bond acceptors (Lipinski definition) is 9. The van der Waals surface area contributed by atoms with Gasteiger partial charge in [0.1, 0.15) is 23.4 Å². The summed E-state index contributed by atoms with van der Waals surface area (Å²) in [4.78, 5) is 6.86. The van der Waals surface area contributed by atoms with Gasteiger partial charge in [0, 0.05) is 30.9 Å². The molecule has 0 unspecified atom stereocenters. The Bertz CT molecular complexity index is 1120. The summed E-state index contributed by atoms with van der Waals surface area (Å²) >= 11 is 0. The van der Waals surface area contributed by atoms with Crippen molar-refractivity contribution in [2.45, 2.75) is 19.4 Å². The smallest absolute Gasteiger partial charge is 0.232 e. The van der Waals surface area contributed by atoms with Crippen LogP contribution in [0.5, 0.6) is 0 Å². The van der Waals surface area contributed by atoms with Crippen LogP contribution in [0.3, 0.4) is 0 Å². The molecule has 4 heterocycles. The standard InChI is InChI=1S/C18H22N8O3S/c1-11-10-29-8-7-25(11)18-12-4-6-26(30(2,27)28)16(12)15(13(20)9-19)17(23-18)22-14-3-5-21-24-14/h3,5,11,20H,4,6-8,10H2,1-2H3,(H2,21,22,23,24)/t11-/m1/s1. The van der Waals surface area contributed by atoms with Gasteiger partial charge in [0.05, 0.1) is 36.8 Å². The molecule has 2 aromatic rings. The van der Waals surface area contributed by atoms with Gasteiger partial charge in [0.2, 0.25) is 10.0 Å². The number of anilines is 4. The van der Waals surface area contributed by atoms with Crippen LogP contribution in [0.2, 0.25) is 0 Å². The molecule has 0 radical (unpaired) electrons. The number of rotatable bonds is 5. The Morgan fingerprint density at radius 2 is 2.27 bits per heavy atom. The summed E-state index contributed by atoms with van der Waals surface area (Å²) in [6.45, 7) is 3.93. The molecule has 0 bridgehead atoms. The lowest BCUT2D eigenvalue weighted by molar-refractivity contribution is 0.0985. The second-order valence-corrected chi connectivity index (χ2v) is 9.17. The number of sulfonamides is 1. The molecule has 30 heavy (non-hydrogen) atoms. The molecule has 0 aromatic carbocycles. The molecular formula is C18H22N8O3S. The van der Waals surface area contributed by atoms with Crippen LogP contribution in [-0.2, 0) is 21.2 Å². The lowest BCUT2D eigenvalue weighted by atomic mass is 10.0. The van der Waals surface area contributed by atoms with Crippen LogP contribution in [0.4, 0.5) is 23.1 Å². The average Bonchev–Trinajstić information content (AvgIpc) is 3.37. The number of nitrogens with one attached hydrogen (secondary N) is 3. The maximum Gasteiger partial charge on any atom is 0.232 e. The molecule has 2 aliphatic rings. The van der Waals surface area contributed by atoms with Gasteiger partial charge in [-0.25, -0.2) is 13.4 Å². The Labute approximate surface area is 174 Å². The molecule has 1 fully saturated rings. The fourth-order valence-corrected chi connectivity index (χ4v) is 4.83. The molecular weight excluding hydrogens is 408 g/mol. The molecule has 12 heteroatoms. The highest BCUT2D eigenvalue weighted by Gasteiger charge is 2.37. The van der Waals surface area contributed by atoms with E-state index in [1.54, 1.807) is 12.3 Å². The normalized spacial score (nSPS) is 18.8. The van der Waals surface area contributed by atoms with E-state index in [4.69, 9.17) is 15.1 Å². The number of H-pyrrole nitrogens is 1. The first-order valence-corrected chi connectivity index (χ1v) is 11.3. The number of aromatic nitrogens is 3. The lowest BCUT2D eigenvalue weighted by Gasteiger charge is -2.36. The van der Waals surface area contributed by atoms with E-state index in [1.165, 1.54) is 4.31 Å². The van der Waals surface area contributed by atoms with Gasteiger partial charge in [-0.3, -0.25) is 14.8 Å². The average molecular weight is 430 g/mol. The summed E-state index contributed by atoms with van der Waals surface area (Å²) in [5.74, 6) is 1.30. The first-order chi connectivity index (χ1) is 14.3. The summed E-state index contributed by atoms with van der Waals surface area (Å²) in [7, 11) is -3.61. The van der Waals surface area contributed by atoms with Gasteiger partial charge >= 0.3 is 0 Å². The Balaban J connectivity index is 1.98. The van der Waals surface area contributed by atoms with Gasteiger partial charge in [0.15, 0.2) is 5.82 Å². The monoisotopic (exact) mass is 430 g/mol. The Morgan fingerprint density at radius 3 is 2.90 bits per heavy atom. The van der Waals surface area contributed by atoms with Crippen molar-refractivity contribution < 1.29 is 13.2 Å². The number of fused-ring (bicyclic) bond motifs is 1. The summed E-state index contributed by atoms with van der Waals surface area (Å²) in [5, 5.41) is 27.5. The predicted octanol–water partition coefficient (Wildman–Crippen LogP) is 0.987.